The maximum Gasteiger partial charge on any atom is 0.286 e. The molecule has 8 nitrogen and oxygen atoms in total. The molecule has 3 rings (SSSR count). The minimum atomic E-state index is -0.373. The van der Waals surface area contributed by atoms with Crippen molar-refractivity contribution >= 4 is 34.9 Å². The molecule has 1 aromatic heterocycles. The van der Waals surface area contributed by atoms with E-state index in [1.54, 1.807) is 17.1 Å². The highest BCUT2D eigenvalue weighted by atomic mass is 32.2. The number of nitrogens with zero attached hydrogens (tertiary/aromatic N) is 4. The number of amides is 1. The summed E-state index contributed by atoms with van der Waals surface area (Å²) in [6.07, 6.45) is 4.75. The van der Waals surface area contributed by atoms with E-state index in [0.29, 0.717) is 10.1 Å². The molecule has 1 aliphatic heterocycles. The Balaban J connectivity index is 1.91. The molecule has 9 heteroatoms. The van der Waals surface area contributed by atoms with Crippen molar-refractivity contribution < 1.29 is 4.79 Å². The number of nitrogens with one attached hydrogen (secondary N) is 2. The Hall–Kier alpha value is -2.94. The molecule has 1 amide bonds. The lowest BCUT2D eigenvalue weighted by Gasteiger charge is -2.05. The van der Waals surface area contributed by atoms with E-state index in [4.69, 9.17) is 11.1 Å². The fourth-order valence-electron chi connectivity index (χ4n) is 1.87. The highest BCUT2D eigenvalue weighted by molar-refractivity contribution is 8.18. The molecule has 2 aromatic rings. The van der Waals surface area contributed by atoms with Crippen LogP contribution in [0.15, 0.2) is 46.8 Å². The lowest BCUT2D eigenvalue weighted by molar-refractivity contribution is -0.113. The standard InChI is InChI=1S/C13H11N7OS/c14-12(15)19-13-18-11(21)10(22-13)5-8-3-1-2-4-9(8)20-7-16-6-17-20/h1-7H,(H4,14,15,18,19,21). The minimum Gasteiger partial charge on any atom is -0.370 e. The minimum absolute atomic E-state index is 0.261. The second kappa shape index (κ2) is 5.82. The van der Waals surface area contributed by atoms with Gasteiger partial charge < -0.3 is 11.1 Å². The molecular formula is C13H11N7OS. The lowest BCUT2D eigenvalue weighted by Crippen LogP contribution is -2.33. The third-order valence-corrected chi connectivity index (χ3v) is 3.65. The number of carbonyl (C=O) groups is 1. The van der Waals surface area contributed by atoms with Crippen LogP contribution in [-0.4, -0.2) is 31.8 Å². The molecule has 1 aliphatic rings. The molecule has 0 saturated carbocycles. The smallest absolute Gasteiger partial charge is 0.286 e. The number of benzene rings is 1. The fraction of sp³-hybridized carbons (Fsp3) is 0. The molecule has 110 valence electrons. The Labute approximate surface area is 129 Å². The van der Waals surface area contributed by atoms with E-state index < -0.39 is 0 Å². The van der Waals surface area contributed by atoms with Crippen LogP contribution < -0.4 is 11.1 Å². The number of hydrogen-bond acceptors (Lipinski definition) is 5. The number of para-hydroxylation sites is 1. The van der Waals surface area contributed by atoms with E-state index in [1.807, 2.05) is 24.3 Å². The number of aromatic nitrogens is 3. The molecular weight excluding hydrogens is 302 g/mol. The summed E-state index contributed by atoms with van der Waals surface area (Å²) in [6, 6.07) is 7.49. The first-order valence-electron chi connectivity index (χ1n) is 6.21. The van der Waals surface area contributed by atoms with Gasteiger partial charge in [-0.05, 0) is 23.9 Å². The summed E-state index contributed by atoms with van der Waals surface area (Å²) in [4.78, 5) is 20.1. The molecule has 0 saturated heterocycles. The average molecular weight is 313 g/mol. The number of thioether (sulfide) groups is 1. The van der Waals surface area contributed by atoms with Gasteiger partial charge in [-0.25, -0.2) is 9.67 Å². The highest BCUT2D eigenvalue weighted by Gasteiger charge is 2.22. The Morgan fingerprint density at radius 3 is 2.95 bits per heavy atom. The Bertz CT molecular complexity index is 794. The number of hydrogen-bond donors (Lipinski definition) is 3. The number of amidine groups is 1. The summed E-state index contributed by atoms with van der Waals surface area (Å²) in [5.74, 6) is -0.634. The molecule has 0 radical (unpaired) electrons. The van der Waals surface area contributed by atoms with Gasteiger partial charge in [0.1, 0.15) is 12.7 Å². The Kier molecular flexibility index (Phi) is 3.71. The van der Waals surface area contributed by atoms with Crippen LogP contribution in [-0.2, 0) is 4.79 Å². The molecule has 0 fully saturated rings. The van der Waals surface area contributed by atoms with Gasteiger partial charge in [-0.1, -0.05) is 18.2 Å². The molecule has 0 unspecified atom stereocenters. The summed E-state index contributed by atoms with van der Waals surface area (Å²) in [7, 11) is 0. The van der Waals surface area contributed by atoms with Crippen LogP contribution in [0.3, 0.4) is 0 Å². The van der Waals surface area contributed by atoms with E-state index >= 15 is 0 Å². The first kappa shape index (κ1) is 14.0. The van der Waals surface area contributed by atoms with Crippen LogP contribution in [0.2, 0.25) is 0 Å². The van der Waals surface area contributed by atoms with E-state index in [1.165, 1.54) is 6.33 Å². The van der Waals surface area contributed by atoms with Crippen molar-refractivity contribution in [1.29, 1.82) is 5.41 Å². The van der Waals surface area contributed by atoms with Gasteiger partial charge in [-0.15, -0.1) is 0 Å². The summed E-state index contributed by atoms with van der Waals surface area (Å²) in [5, 5.41) is 14.1. The fourth-order valence-corrected chi connectivity index (χ4v) is 2.69. The number of aliphatic imine (C=N–C) groups is 1. The van der Waals surface area contributed by atoms with Gasteiger partial charge >= 0.3 is 0 Å². The van der Waals surface area contributed by atoms with Gasteiger partial charge in [0.2, 0.25) is 0 Å². The van der Waals surface area contributed by atoms with Crippen molar-refractivity contribution in [2.75, 3.05) is 0 Å². The van der Waals surface area contributed by atoms with Crippen LogP contribution in [0, 0.1) is 5.41 Å². The van der Waals surface area contributed by atoms with Crippen molar-refractivity contribution in [2.45, 2.75) is 0 Å². The van der Waals surface area contributed by atoms with Crippen LogP contribution in [0.1, 0.15) is 5.56 Å². The predicted octanol–water partition coefficient (Wildman–Crippen LogP) is 0.721. The van der Waals surface area contributed by atoms with Gasteiger partial charge in [-0.3, -0.25) is 10.2 Å². The van der Waals surface area contributed by atoms with Crippen LogP contribution in [0.4, 0.5) is 0 Å². The second-order valence-electron chi connectivity index (χ2n) is 4.27. The third kappa shape index (κ3) is 2.88. The van der Waals surface area contributed by atoms with Crippen molar-refractivity contribution in [1.82, 2.24) is 20.1 Å². The first-order chi connectivity index (χ1) is 10.6. The largest absolute Gasteiger partial charge is 0.370 e. The summed E-state index contributed by atoms with van der Waals surface area (Å²) in [5.41, 5.74) is 6.84. The van der Waals surface area contributed by atoms with E-state index in [0.717, 1.165) is 23.0 Å². The predicted molar refractivity (Wildman–Crippen MR) is 84.4 cm³/mol. The second-order valence-corrected chi connectivity index (χ2v) is 5.30. The summed E-state index contributed by atoms with van der Waals surface area (Å²) in [6.45, 7) is 0. The normalized spacial score (nSPS) is 15.9. The molecule has 0 spiro atoms. The van der Waals surface area contributed by atoms with Crippen molar-refractivity contribution in [3.8, 4) is 5.69 Å². The Morgan fingerprint density at radius 1 is 1.41 bits per heavy atom. The van der Waals surface area contributed by atoms with E-state index in [-0.39, 0.29) is 11.9 Å². The maximum absolute atomic E-state index is 11.9. The van der Waals surface area contributed by atoms with Gasteiger partial charge in [0, 0.05) is 5.56 Å². The van der Waals surface area contributed by atoms with Crippen molar-refractivity contribution in [3.63, 3.8) is 0 Å². The highest BCUT2D eigenvalue weighted by Crippen LogP contribution is 2.28. The van der Waals surface area contributed by atoms with Gasteiger partial charge in [0.15, 0.2) is 11.1 Å². The zero-order valence-electron chi connectivity index (χ0n) is 11.2. The van der Waals surface area contributed by atoms with Crippen molar-refractivity contribution in [3.05, 3.63) is 47.4 Å². The van der Waals surface area contributed by atoms with Crippen molar-refractivity contribution in [2.24, 2.45) is 10.7 Å². The summed E-state index contributed by atoms with van der Waals surface area (Å²) < 4.78 is 1.62. The monoisotopic (exact) mass is 313 g/mol. The van der Waals surface area contributed by atoms with Crippen LogP contribution in [0.25, 0.3) is 11.8 Å². The third-order valence-electron chi connectivity index (χ3n) is 2.75. The number of nitrogens with two attached hydrogens (primary N) is 1. The topological polar surface area (TPSA) is 122 Å². The molecule has 22 heavy (non-hydrogen) atoms. The number of carbonyl (C=O) groups excluding carboxylic acids is 1. The molecule has 0 atom stereocenters. The SMILES string of the molecule is N=C(N)NC1=NC(=O)C(=Cc2ccccc2-n2cncn2)S1. The lowest BCUT2D eigenvalue weighted by atomic mass is 10.1. The number of rotatable bonds is 2. The molecule has 0 aliphatic carbocycles. The van der Waals surface area contributed by atoms with Crippen LogP contribution >= 0.6 is 11.8 Å². The van der Waals surface area contributed by atoms with Crippen LogP contribution in [0.5, 0.6) is 0 Å². The van der Waals surface area contributed by atoms with E-state index in [9.17, 15) is 4.79 Å². The first-order valence-corrected chi connectivity index (χ1v) is 7.03. The number of guanidine groups is 1. The quantitative estimate of drug-likeness (QED) is 0.426. The molecule has 2 heterocycles. The maximum atomic E-state index is 11.9. The Morgan fingerprint density at radius 2 is 2.23 bits per heavy atom. The molecule has 1 aromatic carbocycles. The molecule has 0 bridgehead atoms. The van der Waals surface area contributed by atoms with Gasteiger partial charge in [-0.2, -0.15) is 10.1 Å². The van der Waals surface area contributed by atoms with Gasteiger partial charge in [0.25, 0.3) is 5.91 Å². The van der Waals surface area contributed by atoms with E-state index in [2.05, 4.69) is 20.4 Å². The zero-order valence-corrected chi connectivity index (χ0v) is 12.0. The average Bonchev–Trinajstić information content (AvgIpc) is 3.10. The van der Waals surface area contributed by atoms with Gasteiger partial charge in [0.05, 0.1) is 10.6 Å². The zero-order chi connectivity index (χ0) is 15.5. The molecule has 4 N–H and O–H groups in total. The summed E-state index contributed by atoms with van der Waals surface area (Å²) >= 11 is 1.13.